The zero-order valence-electron chi connectivity index (χ0n) is 29.1. The number of nitrogens with one attached hydrogen (secondary N) is 2. The van der Waals surface area contributed by atoms with Crippen LogP contribution in [-0.2, 0) is 18.2 Å². The lowest BCUT2D eigenvalue weighted by atomic mass is 9.98. The Morgan fingerprint density at radius 3 is 2.28 bits per heavy atom. The lowest BCUT2D eigenvalue weighted by Gasteiger charge is -2.29. The van der Waals surface area contributed by atoms with E-state index in [0.717, 1.165) is 87.2 Å². The van der Waals surface area contributed by atoms with Gasteiger partial charge in [0.25, 0.3) is 0 Å². The lowest BCUT2D eigenvalue weighted by molar-refractivity contribution is 0.0593. The molecule has 3 N–H and O–H groups in total. The van der Waals surface area contributed by atoms with Crippen LogP contribution in [0.4, 0.5) is 5.69 Å². The minimum absolute atomic E-state index is 0.177. The average molecular weight is 722 g/mol. The number of hydrogen-bond donors (Lipinski definition) is 3. The standard InChI is InChI=1S/C26H27Cl2N3O3.C11H15N3O2/c1-13-11-17(12-14(2)23(13)28)34-10-6-7-18-19-8-9-20(27)22(24(19)29-25(18)26(32)33)21-15(3)30-31(5)16(21)4;1-16-11(15)10-3-2-9(8-13-10)14-6-4-12-5-7-14/h8-9,11-12,29H,6-7,10H2,1-5H3,(H,32,33);2-3,8,12H,4-7H2,1H3. The molecule has 0 amide bonds. The van der Waals surface area contributed by atoms with Crippen molar-refractivity contribution in [3.8, 4) is 16.9 Å². The van der Waals surface area contributed by atoms with E-state index in [-0.39, 0.29) is 5.69 Å². The van der Waals surface area contributed by atoms with E-state index in [1.807, 2.05) is 65.1 Å². The molecule has 0 radical (unpaired) electrons. The third kappa shape index (κ3) is 7.90. The number of benzene rings is 2. The zero-order chi connectivity index (χ0) is 36.1. The molecule has 5 aromatic rings. The molecule has 0 spiro atoms. The van der Waals surface area contributed by atoms with E-state index in [2.05, 4.69) is 30.0 Å². The number of H-pyrrole nitrogens is 1. The molecule has 50 heavy (non-hydrogen) atoms. The largest absolute Gasteiger partial charge is 0.494 e. The van der Waals surface area contributed by atoms with Crippen LogP contribution in [-0.4, -0.2) is 76.7 Å². The van der Waals surface area contributed by atoms with Gasteiger partial charge in [-0.3, -0.25) is 4.68 Å². The molecule has 0 saturated carbocycles. The Morgan fingerprint density at radius 1 is 1.00 bits per heavy atom. The third-order valence-corrected chi connectivity index (χ3v) is 9.79. The summed E-state index contributed by atoms with van der Waals surface area (Å²) < 4.78 is 12.3. The summed E-state index contributed by atoms with van der Waals surface area (Å²) in [5.74, 6) is -0.641. The number of aromatic nitrogens is 4. The Labute approximate surface area is 301 Å². The van der Waals surface area contributed by atoms with E-state index in [9.17, 15) is 14.7 Å². The number of ether oxygens (including phenoxy) is 2. The first kappa shape index (κ1) is 36.7. The number of halogens is 2. The molecule has 13 heteroatoms. The molecule has 3 aromatic heterocycles. The van der Waals surface area contributed by atoms with E-state index in [0.29, 0.717) is 35.7 Å². The monoisotopic (exact) mass is 720 g/mol. The highest BCUT2D eigenvalue weighted by molar-refractivity contribution is 6.35. The number of anilines is 1. The maximum Gasteiger partial charge on any atom is 0.356 e. The molecule has 0 aliphatic carbocycles. The highest BCUT2D eigenvalue weighted by Crippen LogP contribution is 2.40. The van der Waals surface area contributed by atoms with E-state index >= 15 is 0 Å². The third-order valence-electron chi connectivity index (χ3n) is 8.88. The predicted octanol–water partition coefficient (Wildman–Crippen LogP) is 7.10. The van der Waals surface area contributed by atoms with Gasteiger partial charge in [-0.25, -0.2) is 14.6 Å². The molecule has 1 aliphatic heterocycles. The van der Waals surface area contributed by atoms with Crippen LogP contribution < -0.4 is 15.0 Å². The molecule has 11 nitrogen and oxygen atoms in total. The second-order valence-corrected chi connectivity index (χ2v) is 13.0. The van der Waals surface area contributed by atoms with Crippen molar-refractivity contribution in [1.82, 2.24) is 25.1 Å². The molecule has 1 aliphatic rings. The number of rotatable bonds is 9. The molecule has 0 bridgehead atoms. The number of aromatic amines is 1. The molecular formula is C37H42Cl2N6O5. The van der Waals surface area contributed by atoms with Crippen molar-refractivity contribution in [1.29, 1.82) is 0 Å². The number of aryl methyl sites for hydroxylation is 5. The van der Waals surface area contributed by atoms with Gasteiger partial charge >= 0.3 is 11.9 Å². The van der Waals surface area contributed by atoms with Crippen LogP contribution in [0.5, 0.6) is 5.75 Å². The number of carboxylic acids is 1. The number of carbonyl (C=O) groups excluding carboxylic acids is 1. The Bertz CT molecular complexity index is 1990. The first-order chi connectivity index (χ1) is 23.9. The van der Waals surface area contributed by atoms with Gasteiger partial charge in [-0.2, -0.15) is 5.10 Å². The summed E-state index contributed by atoms with van der Waals surface area (Å²) in [5, 5.41) is 19.8. The van der Waals surface area contributed by atoms with Crippen molar-refractivity contribution < 1.29 is 24.2 Å². The fourth-order valence-electron chi connectivity index (χ4n) is 6.27. The van der Waals surface area contributed by atoms with Crippen LogP contribution in [0.15, 0.2) is 42.6 Å². The highest BCUT2D eigenvalue weighted by Gasteiger charge is 2.24. The number of pyridine rings is 1. The van der Waals surface area contributed by atoms with Crippen LogP contribution >= 0.6 is 23.2 Å². The van der Waals surface area contributed by atoms with E-state index in [1.54, 1.807) is 16.9 Å². The molecule has 1 saturated heterocycles. The number of methoxy groups -OCH3 is 1. The summed E-state index contributed by atoms with van der Waals surface area (Å²) in [6.45, 7) is 12.2. The Kier molecular flexibility index (Phi) is 11.7. The topological polar surface area (TPSA) is 135 Å². The maximum absolute atomic E-state index is 12.1. The second-order valence-electron chi connectivity index (χ2n) is 12.3. The quantitative estimate of drug-likeness (QED) is 0.108. The summed E-state index contributed by atoms with van der Waals surface area (Å²) in [4.78, 5) is 32.8. The number of esters is 1. The summed E-state index contributed by atoms with van der Waals surface area (Å²) in [6, 6.07) is 11.1. The molecule has 0 atom stereocenters. The fraction of sp³-hybridized carbons (Fsp3) is 0.351. The minimum Gasteiger partial charge on any atom is -0.494 e. The highest BCUT2D eigenvalue weighted by atomic mass is 35.5. The molecule has 6 rings (SSSR count). The van der Waals surface area contributed by atoms with E-state index in [1.165, 1.54) is 7.11 Å². The SMILES string of the molecule is COC(=O)c1ccc(N2CCNCC2)cn1.Cc1cc(OCCCc2c(C(=O)O)[nH]c3c(-c4c(C)nn(C)c4C)c(Cl)ccc23)cc(C)c1Cl. The number of fused-ring (bicyclic) bond motifs is 1. The van der Waals surface area contributed by atoms with Gasteiger partial charge in [-0.15, -0.1) is 0 Å². The van der Waals surface area contributed by atoms with Crippen molar-refractivity contribution in [3.63, 3.8) is 0 Å². The number of hydrogen-bond acceptors (Lipinski definition) is 8. The van der Waals surface area contributed by atoms with Gasteiger partial charge in [0.05, 0.1) is 41.8 Å². The molecule has 2 aromatic carbocycles. The van der Waals surface area contributed by atoms with Crippen molar-refractivity contribution in [3.05, 3.63) is 92.1 Å². The summed E-state index contributed by atoms with van der Waals surface area (Å²) in [7, 11) is 3.24. The number of piperazine rings is 1. The van der Waals surface area contributed by atoms with Crippen LogP contribution in [0.3, 0.4) is 0 Å². The van der Waals surface area contributed by atoms with Crippen LogP contribution in [0, 0.1) is 27.7 Å². The zero-order valence-corrected chi connectivity index (χ0v) is 30.6. The van der Waals surface area contributed by atoms with Gasteiger partial charge in [-0.05, 0) is 87.6 Å². The van der Waals surface area contributed by atoms with Gasteiger partial charge < -0.3 is 29.8 Å². The van der Waals surface area contributed by atoms with E-state index in [4.69, 9.17) is 27.9 Å². The van der Waals surface area contributed by atoms with E-state index < -0.39 is 11.9 Å². The van der Waals surface area contributed by atoms with Gasteiger partial charge in [0.2, 0.25) is 0 Å². The van der Waals surface area contributed by atoms with Crippen molar-refractivity contribution in [2.75, 3.05) is 44.8 Å². The average Bonchev–Trinajstić information content (AvgIpc) is 3.60. The smallest absolute Gasteiger partial charge is 0.356 e. The second kappa shape index (κ2) is 16.0. The Balaban J connectivity index is 0.000000253. The molecular weight excluding hydrogens is 679 g/mol. The Morgan fingerprint density at radius 2 is 1.70 bits per heavy atom. The number of carbonyl (C=O) groups is 2. The summed E-state index contributed by atoms with van der Waals surface area (Å²) in [5.41, 5.74) is 8.45. The first-order valence-electron chi connectivity index (χ1n) is 16.4. The van der Waals surface area contributed by atoms with Crippen molar-refractivity contribution >= 4 is 51.7 Å². The van der Waals surface area contributed by atoms with Gasteiger partial charge in [0, 0.05) is 60.5 Å². The molecule has 4 heterocycles. The number of carboxylic acid groups (broad SMARTS) is 1. The molecule has 0 unspecified atom stereocenters. The lowest BCUT2D eigenvalue weighted by Crippen LogP contribution is -2.43. The summed E-state index contributed by atoms with van der Waals surface area (Å²) in [6.07, 6.45) is 2.91. The van der Waals surface area contributed by atoms with Crippen LogP contribution in [0.1, 0.15) is 55.5 Å². The predicted molar refractivity (Wildman–Crippen MR) is 197 cm³/mol. The summed E-state index contributed by atoms with van der Waals surface area (Å²) >= 11 is 12.9. The molecule has 1 fully saturated rings. The van der Waals surface area contributed by atoms with Crippen LogP contribution in [0.2, 0.25) is 10.0 Å². The van der Waals surface area contributed by atoms with Crippen molar-refractivity contribution in [2.45, 2.75) is 40.5 Å². The van der Waals surface area contributed by atoms with Gasteiger partial charge in [0.1, 0.15) is 17.1 Å². The number of nitrogens with zero attached hydrogens (tertiary/aromatic N) is 4. The normalized spacial score (nSPS) is 12.8. The fourth-order valence-corrected chi connectivity index (χ4v) is 6.63. The van der Waals surface area contributed by atoms with Gasteiger partial charge in [0.15, 0.2) is 0 Å². The van der Waals surface area contributed by atoms with Crippen molar-refractivity contribution in [2.24, 2.45) is 7.05 Å². The maximum atomic E-state index is 12.1. The Hall–Kier alpha value is -4.58. The number of aromatic carboxylic acids is 1. The molecule has 264 valence electrons. The first-order valence-corrected chi connectivity index (χ1v) is 17.1. The minimum atomic E-state index is -1.00. The van der Waals surface area contributed by atoms with Crippen LogP contribution in [0.25, 0.3) is 22.0 Å². The van der Waals surface area contributed by atoms with Gasteiger partial charge in [-0.1, -0.05) is 29.3 Å².